The van der Waals surface area contributed by atoms with Gasteiger partial charge >= 0.3 is 0 Å². The van der Waals surface area contributed by atoms with Gasteiger partial charge in [0.1, 0.15) is 0 Å². The number of allylic oxidation sites excluding steroid dienone is 5. The van der Waals surface area contributed by atoms with Gasteiger partial charge in [-0.2, -0.15) is 0 Å². The van der Waals surface area contributed by atoms with Crippen molar-refractivity contribution >= 4 is 47.6 Å². The third kappa shape index (κ3) is 5.46. The van der Waals surface area contributed by atoms with E-state index >= 15 is 0 Å². The van der Waals surface area contributed by atoms with Gasteiger partial charge in [-0.1, -0.05) is 94.0 Å². The molecule has 2 aromatic heterocycles. The van der Waals surface area contributed by atoms with Gasteiger partial charge in [0.2, 0.25) is 0 Å². The molecular weight excluding hydrogens is 486 g/mol. The van der Waals surface area contributed by atoms with Gasteiger partial charge in [0.15, 0.2) is 0 Å². The predicted octanol–water partition coefficient (Wildman–Crippen LogP) is 9.70. The molecule has 1 aliphatic carbocycles. The molecule has 2 atom stereocenters. The van der Waals surface area contributed by atoms with Crippen molar-refractivity contribution in [1.29, 1.82) is 0 Å². The summed E-state index contributed by atoms with van der Waals surface area (Å²) in [7, 11) is 0. The molecule has 40 heavy (non-hydrogen) atoms. The van der Waals surface area contributed by atoms with E-state index in [1.165, 1.54) is 10.9 Å². The monoisotopic (exact) mass is 527 g/mol. The van der Waals surface area contributed by atoms with E-state index < -0.39 is 0 Å². The van der Waals surface area contributed by atoms with E-state index in [9.17, 15) is 0 Å². The van der Waals surface area contributed by atoms with Crippen molar-refractivity contribution in [2.45, 2.75) is 45.7 Å². The molecule has 0 spiro atoms. The lowest BCUT2D eigenvalue weighted by atomic mass is 9.93. The first-order valence-electron chi connectivity index (χ1n) is 14.0. The minimum absolute atomic E-state index is 0.182. The lowest BCUT2D eigenvalue weighted by Crippen LogP contribution is -2.41. The van der Waals surface area contributed by atoms with Crippen LogP contribution in [0.2, 0.25) is 0 Å². The lowest BCUT2D eigenvalue weighted by Gasteiger charge is -2.38. The molecule has 0 saturated carbocycles. The highest BCUT2D eigenvalue weighted by atomic mass is 15.2. The number of hydrogen-bond donors (Lipinski definition) is 0. The van der Waals surface area contributed by atoms with Gasteiger partial charge in [-0.05, 0) is 62.6 Å². The standard InChI is InChI=1S/C37H41N3/c1-8-14-18-28(7)40(30(10-3)11-4)31-22-23-37-34(26-31)33(35(12-5)39(37)13-6)24-25-38-27-29(19-15-9-2)32-20-16-17-21-36(32)38/h9-25,27-28,31H,2-3,5-6,8,26H2,1,4,7H3/b18-14-,19-15-,25-24+,30-11-. The molecule has 1 aliphatic rings. The topological polar surface area (TPSA) is 13.1 Å². The molecule has 1 aromatic carbocycles. The molecule has 3 aromatic rings. The van der Waals surface area contributed by atoms with Crippen LogP contribution in [0.1, 0.15) is 55.3 Å². The summed E-state index contributed by atoms with van der Waals surface area (Å²) in [6.07, 6.45) is 31.3. The minimum Gasteiger partial charge on any atom is -0.359 e. The molecule has 2 unspecified atom stereocenters. The van der Waals surface area contributed by atoms with Gasteiger partial charge in [-0.15, -0.1) is 0 Å². The zero-order valence-electron chi connectivity index (χ0n) is 24.1. The van der Waals surface area contributed by atoms with Crippen molar-refractivity contribution in [3.05, 3.63) is 133 Å². The van der Waals surface area contributed by atoms with E-state index in [0.29, 0.717) is 0 Å². The van der Waals surface area contributed by atoms with Crippen LogP contribution in [0.3, 0.4) is 0 Å². The van der Waals surface area contributed by atoms with Crippen molar-refractivity contribution in [2.75, 3.05) is 0 Å². The third-order valence-corrected chi connectivity index (χ3v) is 7.53. The second-order valence-corrected chi connectivity index (χ2v) is 9.87. The van der Waals surface area contributed by atoms with Crippen LogP contribution in [0.4, 0.5) is 0 Å². The van der Waals surface area contributed by atoms with E-state index in [1.54, 1.807) is 6.08 Å². The Morgan fingerprint density at radius 3 is 2.62 bits per heavy atom. The van der Waals surface area contributed by atoms with Crippen LogP contribution in [0.5, 0.6) is 0 Å². The zero-order valence-corrected chi connectivity index (χ0v) is 24.1. The molecule has 0 saturated heterocycles. The fourth-order valence-corrected chi connectivity index (χ4v) is 5.70. The largest absolute Gasteiger partial charge is 0.359 e. The van der Waals surface area contributed by atoms with Gasteiger partial charge in [0.05, 0.1) is 17.3 Å². The first-order chi connectivity index (χ1) is 19.5. The quantitative estimate of drug-likeness (QED) is 0.169. The number of nitrogens with zero attached hydrogens (tertiary/aromatic N) is 3. The Balaban J connectivity index is 1.81. The van der Waals surface area contributed by atoms with Gasteiger partial charge < -0.3 is 14.0 Å². The Kier molecular flexibility index (Phi) is 9.29. The Morgan fingerprint density at radius 2 is 1.95 bits per heavy atom. The van der Waals surface area contributed by atoms with E-state index in [4.69, 9.17) is 0 Å². The average Bonchev–Trinajstić information content (AvgIpc) is 3.50. The number of fused-ring (bicyclic) bond motifs is 2. The molecule has 4 rings (SSSR count). The van der Waals surface area contributed by atoms with Gasteiger partial charge in [-0.3, -0.25) is 0 Å². The molecule has 0 radical (unpaired) electrons. The van der Waals surface area contributed by atoms with Crippen molar-refractivity contribution in [3.8, 4) is 0 Å². The summed E-state index contributed by atoms with van der Waals surface area (Å²) in [5.74, 6) is 0. The van der Waals surface area contributed by atoms with Crippen LogP contribution in [-0.4, -0.2) is 26.1 Å². The molecule has 3 nitrogen and oxygen atoms in total. The zero-order chi connectivity index (χ0) is 28.6. The Bertz CT molecular complexity index is 1560. The third-order valence-electron chi connectivity index (χ3n) is 7.53. The predicted molar refractivity (Wildman–Crippen MR) is 179 cm³/mol. The number of rotatable bonds is 12. The molecular formula is C37H41N3. The number of hydrogen-bond acceptors (Lipinski definition) is 1. The van der Waals surface area contributed by atoms with E-state index in [0.717, 1.165) is 46.6 Å². The Morgan fingerprint density at radius 1 is 1.15 bits per heavy atom. The molecule has 204 valence electrons. The van der Waals surface area contributed by atoms with Crippen molar-refractivity contribution < 1.29 is 0 Å². The van der Waals surface area contributed by atoms with Crippen LogP contribution < -0.4 is 0 Å². The van der Waals surface area contributed by atoms with E-state index in [1.807, 2.05) is 24.4 Å². The van der Waals surface area contributed by atoms with Gasteiger partial charge in [0.25, 0.3) is 0 Å². The highest BCUT2D eigenvalue weighted by Crippen LogP contribution is 2.35. The maximum absolute atomic E-state index is 4.16. The fraction of sp³-hybridized carbons (Fsp3) is 0.189. The fourth-order valence-electron chi connectivity index (χ4n) is 5.70. The smallest absolute Gasteiger partial charge is 0.0528 e. The maximum atomic E-state index is 4.16. The summed E-state index contributed by atoms with van der Waals surface area (Å²) >= 11 is 0. The van der Waals surface area contributed by atoms with Crippen LogP contribution in [-0.2, 0) is 6.42 Å². The Hall–Kier alpha value is -4.50. The summed E-state index contributed by atoms with van der Waals surface area (Å²) in [5, 5.41) is 1.20. The van der Waals surface area contributed by atoms with Crippen LogP contribution in [0.15, 0.2) is 105 Å². The average molecular weight is 528 g/mol. The van der Waals surface area contributed by atoms with Crippen molar-refractivity contribution in [1.82, 2.24) is 14.0 Å². The summed E-state index contributed by atoms with van der Waals surface area (Å²) in [6.45, 7) is 22.7. The molecule has 0 fully saturated rings. The van der Waals surface area contributed by atoms with E-state index in [2.05, 4.69) is 140 Å². The molecule has 0 N–H and O–H groups in total. The molecule has 0 bridgehead atoms. The maximum Gasteiger partial charge on any atom is 0.0528 e. The SMILES string of the molecule is C=C/C=C\c1cn(/C=C/c2c3c(n(C=C)c2C=C)C=CC(N(/C(C=C)=C\C)C(C)/C=C\CC)C3)c2ccccc12. The van der Waals surface area contributed by atoms with Crippen molar-refractivity contribution in [2.24, 2.45) is 0 Å². The number of para-hydroxylation sites is 1. The first kappa shape index (κ1) is 28.5. The second kappa shape index (κ2) is 13.0. The van der Waals surface area contributed by atoms with Crippen LogP contribution in [0.25, 0.3) is 47.6 Å². The highest BCUT2D eigenvalue weighted by Gasteiger charge is 2.28. The van der Waals surface area contributed by atoms with Crippen LogP contribution in [0, 0.1) is 0 Å². The van der Waals surface area contributed by atoms with Crippen molar-refractivity contribution in [3.63, 3.8) is 0 Å². The molecule has 3 heteroatoms. The lowest BCUT2D eigenvalue weighted by molar-refractivity contribution is 0.264. The van der Waals surface area contributed by atoms with Crippen LogP contribution >= 0.6 is 0 Å². The first-order valence-corrected chi connectivity index (χ1v) is 14.0. The minimum atomic E-state index is 0.182. The Labute approximate surface area is 240 Å². The molecule has 2 heterocycles. The summed E-state index contributed by atoms with van der Waals surface area (Å²) in [5.41, 5.74) is 8.11. The summed E-state index contributed by atoms with van der Waals surface area (Å²) < 4.78 is 4.34. The molecule has 0 aliphatic heterocycles. The normalized spacial score (nSPS) is 16.2. The summed E-state index contributed by atoms with van der Waals surface area (Å²) in [6, 6.07) is 8.88. The van der Waals surface area contributed by atoms with Gasteiger partial charge in [0, 0.05) is 52.5 Å². The van der Waals surface area contributed by atoms with Gasteiger partial charge in [-0.25, -0.2) is 0 Å². The number of aromatic nitrogens is 2. The second-order valence-electron chi connectivity index (χ2n) is 9.87. The molecule has 0 amide bonds. The van der Waals surface area contributed by atoms with E-state index in [-0.39, 0.29) is 12.1 Å². The summed E-state index contributed by atoms with van der Waals surface area (Å²) in [4.78, 5) is 2.46. The number of benzene rings is 1. The highest BCUT2D eigenvalue weighted by molar-refractivity contribution is 5.92.